The molecule has 1 aromatic heterocycles. The third kappa shape index (κ3) is 20.9. The SMILES string of the molecule is COC(=O)Nc1nc2ccc(C(=O)c3ccccc3)cc2[nH]1.N=C(N)c1ccc(OCCCCCOc2ccc(C(=N)N)cc2)cc1.O=S(=O)(O)CCO.O=S(=O)(O)CCO. The lowest BCUT2D eigenvalue weighted by atomic mass is 10.0. The first-order valence-electron chi connectivity index (χ1n) is 18.1. The molecule has 5 rings (SSSR count). The van der Waals surface area contributed by atoms with Gasteiger partial charge in [0.2, 0.25) is 5.95 Å². The Morgan fingerprint density at radius 3 is 1.54 bits per heavy atom. The number of rotatable bonds is 17. The third-order valence-corrected chi connectivity index (χ3v) is 8.94. The number of fused-ring (bicyclic) bond motifs is 1. The molecule has 20 nitrogen and oxygen atoms in total. The smallest absolute Gasteiger partial charge is 0.413 e. The highest BCUT2D eigenvalue weighted by atomic mass is 32.2. The van der Waals surface area contributed by atoms with E-state index in [9.17, 15) is 26.4 Å². The van der Waals surface area contributed by atoms with Gasteiger partial charge in [-0.1, -0.05) is 30.3 Å². The quantitative estimate of drug-likeness (QED) is 0.0210. The summed E-state index contributed by atoms with van der Waals surface area (Å²) in [5.41, 5.74) is 14.7. The minimum absolute atomic E-state index is 0.0579. The van der Waals surface area contributed by atoms with Gasteiger partial charge in [-0.25, -0.2) is 9.78 Å². The number of unbranched alkanes of at least 4 members (excludes halogenated alkanes) is 2. The number of aromatic nitrogens is 2. The van der Waals surface area contributed by atoms with Crippen LogP contribution < -0.4 is 26.3 Å². The van der Waals surface area contributed by atoms with Gasteiger partial charge in [-0.15, -0.1) is 0 Å². The van der Waals surface area contributed by atoms with Gasteiger partial charge in [0.15, 0.2) is 5.78 Å². The average Bonchev–Trinajstić information content (AvgIpc) is 3.62. The Morgan fingerprint density at radius 2 is 1.15 bits per heavy atom. The Bertz CT molecular complexity index is 2280. The van der Waals surface area contributed by atoms with Crippen LogP contribution in [0.2, 0.25) is 0 Å². The molecule has 1 heterocycles. The van der Waals surface area contributed by atoms with Crippen molar-refractivity contribution < 1.29 is 60.0 Å². The summed E-state index contributed by atoms with van der Waals surface area (Å²) >= 11 is 0. The molecule has 0 unspecified atom stereocenters. The van der Waals surface area contributed by atoms with E-state index in [0.717, 1.165) is 30.8 Å². The van der Waals surface area contributed by atoms with Crippen LogP contribution in [0.5, 0.6) is 11.5 Å². The zero-order chi connectivity index (χ0) is 45.4. The molecule has 0 radical (unpaired) electrons. The van der Waals surface area contributed by atoms with E-state index < -0.39 is 51.0 Å². The third-order valence-electron chi connectivity index (χ3n) is 7.54. The number of nitrogens with zero attached hydrogens (tertiary/aromatic N) is 1. The van der Waals surface area contributed by atoms with E-state index in [4.69, 9.17) is 51.1 Å². The molecule has 5 aromatic rings. The van der Waals surface area contributed by atoms with Crippen LogP contribution in [-0.2, 0) is 25.0 Å². The number of imidazole rings is 1. The van der Waals surface area contributed by atoms with Crippen molar-refractivity contribution >= 4 is 60.8 Å². The van der Waals surface area contributed by atoms with Gasteiger partial charge < -0.3 is 40.9 Å². The second kappa shape index (κ2) is 25.9. The van der Waals surface area contributed by atoms with Gasteiger partial charge in [-0.2, -0.15) is 16.8 Å². The summed E-state index contributed by atoms with van der Waals surface area (Å²) in [6.07, 6.45) is 2.29. The number of hydrogen-bond donors (Lipinski definition) is 10. The van der Waals surface area contributed by atoms with Crippen LogP contribution in [0.25, 0.3) is 11.0 Å². The van der Waals surface area contributed by atoms with Gasteiger partial charge in [0.1, 0.15) is 23.2 Å². The summed E-state index contributed by atoms with van der Waals surface area (Å²) in [6, 6.07) is 28.6. The van der Waals surface area contributed by atoms with Crippen molar-refractivity contribution in [2.24, 2.45) is 11.5 Å². The maximum Gasteiger partial charge on any atom is 0.413 e. The van der Waals surface area contributed by atoms with Crippen LogP contribution in [0, 0.1) is 10.8 Å². The Labute approximate surface area is 352 Å². The Morgan fingerprint density at radius 1 is 0.689 bits per heavy atom. The van der Waals surface area contributed by atoms with E-state index in [0.29, 0.717) is 46.5 Å². The van der Waals surface area contributed by atoms with E-state index in [1.165, 1.54) is 7.11 Å². The highest BCUT2D eigenvalue weighted by Crippen LogP contribution is 2.19. The van der Waals surface area contributed by atoms with Crippen molar-refractivity contribution in [3.05, 3.63) is 119 Å². The maximum atomic E-state index is 12.4. The summed E-state index contributed by atoms with van der Waals surface area (Å²) in [6.45, 7) is 0.233. The number of methoxy groups -OCH3 is 1. The molecular weight excluding hydrogens is 839 g/mol. The fourth-order valence-corrected chi connectivity index (χ4v) is 5.03. The maximum absolute atomic E-state index is 12.4. The molecule has 0 saturated carbocycles. The number of H-pyrrole nitrogens is 1. The molecule has 1 amide bonds. The fraction of sp³-hybridized carbons (Fsp3) is 0.256. The lowest BCUT2D eigenvalue weighted by Gasteiger charge is -2.08. The number of aliphatic hydroxyl groups is 2. The van der Waals surface area contributed by atoms with Crippen molar-refractivity contribution in [2.45, 2.75) is 19.3 Å². The number of hydrogen-bond acceptors (Lipinski definition) is 14. The Kier molecular flexibility index (Phi) is 21.6. The number of aromatic amines is 1. The minimum Gasteiger partial charge on any atom is -0.494 e. The number of aliphatic hydroxyl groups excluding tert-OH is 2. The molecule has 0 aliphatic rings. The van der Waals surface area contributed by atoms with Crippen molar-refractivity contribution in [3.8, 4) is 11.5 Å². The average molecular weight is 888 g/mol. The highest BCUT2D eigenvalue weighted by molar-refractivity contribution is 7.86. The zero-order valence-electron chi connectivity index (χ0n) is 33.0. The summed E-state index contributed by atoms with van der Waals surface area (Å²) < 4.78 is 70.0. The van der Waals surface area contributed by atoms with Gasteiger partial charge in [0.05, 0.1) is 56.1 Å². The number of amidine groups is 2. The van der Waals surface area contributed by atoms with Crippen LogP contribution in [0.1, 0.15) is 46.3 Å². The number of carbonyl (C=O) groups is 2. The Hall–Kier alpha value is -6.43. The van der Waals surface area contributed by atoms with E-state index in [-0.39, 0.29) is 23.4 Å². The number of carbonyl (C=O) groups excluding carboxylic acids is 2. The van der Waals surface area contributed by atoms with Crippen molar-refractivity contribution in [1.82, 2.24) is 9.97 Å². The summed E-state index contributed by atoms with van der Waals surface area (Å²) in [5, 5.41) is 32.9. The number of ether oxygens (including phenoxy) is 3. The first kappa shape index (κ1) is 50.7. The molecule has 0 bridgehead atoms. The van der Waals surface area contributed by atoms with Crippen LogP contribution in [0.4, 0.5) is 10.7 Å². The van der Waals surface area contributed by atoms with Crippen LogP contribution >= 0.6 is 0 Å². The first-order valence-corrected chi connectivity index (χ1v) is 21.3. The van der Waals surface area contributed by atoms with E-state index in [1.54, 1.807) is 54.6 Å². The predicted molar refractivity (Wildman–Crippen MR) is 229 cm³/mol. The van der Waals surface area contributed by atoms with Crippen LogP contribution in [0.15, 0.2) is 97.1 Å². The fourth-order valence-electron chi connectivity index (χ4n) is 4.57. The normalized spacial score (nSPS) is 10.6. The number of amides is 1. The largest absolute Gasteiger partial charge is 0.494 e. The number of ketones is 1. The predicted octanol–water partition coefficient (Wildman–Crippen LogP) is 3.59. The molecule has 0 aliphatic carbocycles. The van der Waals surface area contributed by atoms with Gasteiger partial charge >= 0.3 is 6.09 Å². The van der Waals surface area contributed by atoms with Crippen molar-refractivity contribution in [1.29, 1.82) is 10.8 Å². The minimum atomic E-state index is -3.92. The second-order valence-corrected chi connectivity index (χ2v) is 15.4. The molecule has 330 valence electrons. The van der Waals surface area contributed by atoms with Gasteiger partial charge in [0, 0.05) is 22.3 Å². The number of anilines is 1. The molecule has 0 aliphatic heterocycles. The lowest BCUT2D eigenvalue weighted by Crippen LogP contribution is -2.11. The van der Waals surface area contributed by atoms with Gasteiger partial charge in [-0.05, 0) is 86.0 Å². The molecule has 0 fully saturated rings. The van der Waals surface area contributed by atoms with Crippen LogP contribution in [-0.4, -0.2) is 115 Å². The Balaban J connectivity index is 0.000000322. The zero-order valence-corrected chi connectivity index (χ0v) is 34.6. The summed E-state index contributed by atoms with van der Waals surface area (Å²) in [5.74, 6) is 0.731. The second-order valence-electron chi connectivity index (χ2n) is 12.3. The molecule has 0 saturated heterocycles. The summed E-state index contributed by atoms with van der Waals surface area (Å²) in [7, 11) is -6.58. The molecule has 0 spiro atoms. The molecule has 22 heteroatoms. The lowest BCUT2D eigenvalue weighted by molar-refractivity contribution is 0.103. The first-order chi connectivity index (χ1) is 28.8. The van der Waals surface area contributed by atoms with E-state index in [2.05, 4.69) is 20.0 Å². The van der Waals surface area contributed by atoms with E-state index in [1.807, 2.05) is 42.5 Å². The van der Waals surface area contributed by atoms with Gasteiger partial charge in [0.25, 0.3) is 20.2 Å². The van der Waals surface area contributed by atoms with Crippen LogP contribution in [0.3, 0.4) is 0 Å². The van der Waals surface area contributed by atoms with Crippen molar-refractivity contribution in [3.63, 3.8) is 0 Å². The topological polar surface area (TPSA) is 351 Å². The standard InChI is InChI=1S/C19H24N4O2.C16H13N3O3.2C2H6O4S/c20-18(21)14-4-8-16(9-5-14)24-12-2-1-3-13-25-17-10-6-15(7-11-17)19(22)23;1-22-16(21)19-15-17-12-8-7-11(9-13(12)18-15)14(20)10-5-3-2-4-6-10;2*3-1-2-7(4,5)6/h4-11H,1-3,12-13H2,(H3,20,21)(H3,22,23);2-9H,1H3,(H2,17,18,19,21);2*3H,1-2H2,(H,4,5,6). The number of nitrogen functional groups attached to an aromatic ring is 2. The molecular formula is C39H49N7O13S2. The van der Waals surface area contributed by atoms with E-state index >= 15 is 0 Å². The molecule has 61 heavy (non-hydrogen) atoms. The highest BCUT2D eigenvalue weighted by Gasteiger charge is 2.12. The van der Waals surface area contributed by atoms with Crippen molar-refractivity contribution in [2.75, 3.05) is 50.4 Å². The molecule has 4 aromatic carbocycles. The number of nitrogens with two attached hydrogens (primary N) is 2. The molecule has 0 atom stereocenters. The monoisotopic (exact) mass is 887 g/mol. The number of benzene rings is 4. The number of nitrogens with one attached hydrogen (secondary N) is 4. The molecule has 12 N–H and O–H groups in total. The summed E-state index contributed by atoms with van der Waals surface area (Å²) in [4.78, 5) is 30.7. The van der Waals surface area contributed by atoms with Gasteiger partial charge in [-0.3, -0.25) is 30.0 Å².